The van der Waals surface area contributed by atoms with Gasteiger partial charge in [-0.05, 0) is 111 Å². The fourth-order valence-corrected chi connectivity index (χ4v) is 6.17. The smallest absolute Gasteiger partial charge is 0.337 e. The van der Waals surface area contributed by atoms with E-state index in [1.807, 2.05) is 30.9 Å². The average molecular weight is 575 g/mol. The van der Waals surface area contributed by atoms with Gasteiger partial charge in [0.15, 0.2) is 0 Å². The molecule has 0 N–H and O–H groups in total. The second-order valence-electron chi connectivity index (χ2n) is 11.1. The number of piperidine rings is 2. The van der Waals surface area contributed by atoms with E-state index < -0.39 is 0 Å². The Kier molecular flexibility index (Phi) is 9.12. The molecular formula is C34H39FN2O5. The molecule has 0 aromatic heterocycles. The number of benzene rings is 3. The van der Waals surface area contributed by atoms with E-state index in [0.717, 1.165) is 72.8 Å². The van der Waals surface area contributed by atoms with Crippen LogP contribution in [0.4, 0.5) is 10.1 Å². The lowest BCUT2D eigenvalue weighted by Gasteiger charge is -2.47. The Bertz CT molecular complexity index is 1370. The highest BCUT2D eigenvalue weighted by Crippen LogP contribution is 2.43. The van der Waals surface area contributed by atoms with Crippen molar-refractivity contribution in [2.45, 2.75) is 46.1 Å². The molecule has 0 unspecified atom stereocenters. The van der Waals surface area contributed by atoms with Crippen molar-refractivity contribution in [1.29, 1.82) is 0 Å². The quantitative estimate of drug-likeness (QED) is 0.272. The molecule has 0 radical (unpaired) electrons. The Morgan fingerprint density at radius 2 is 1.52 bits per heavy atom. The van der Waals surface area contributed by atoms with Crippen LogP contribution in [0.5, 0.6) is 11.5 Å². The van der Waals surface area contributed by atoms with Crippen molar-refractivity contribution in [3.8, 4) is 22.6 Å². The first-order valence-corrected chi connectivity index (χ1v) is 14.7. The molecule has 1 amide bonds. The highest BCUT2D eigenvalue weighted by molar-refractivity contribution is 5.95. The van der Waals surface area contributed by atoms with E-state index in [9.17, 15) is 14.0 Å². The van der Waals surface area contributed by atoms with E-state index in [1.165, 1.54) is 19.2 Å². The van der Waals surface area contributed by atoms with Crippen LogP contribution in [0, 0.1) is 11.2 Å². The molecule has 3 aromatic rings. The predicted octanol–water partition coefficient (Wildman–Crippen LogP) is 6.49. The lowest BCUT2D eigenvalue weighted by molar-refractivity contribution is -0.122. The third-order valence-electron chi connectivity index (χ3n) is 8.45. The molecule has 3 aromatic carbocycles. The third kappa shape index (κ3) is 6.44. The number of ether oxygens (including phenoxy) is 3. The van der Waals surface area contributed by atoms with Crippen LogP contribution < -0.4 is 14.4 Å². The van der Waals surface area contributed by atoms with Crippen LogP contribution in [0.2, 0.25) is 0 Å². The van der Waals surface area contributed by atoms with E-state index in [4.69, 9.17) is 14.2 Å². The molecule has 5 rings (SSSR count). The first kappa shape index (κ1) is 29.6. The zero-order valence-electron chi connectivity index (χ0n) is 24.7. The van der Waals surface area contributed by atoms with Crippen molar-refractivity contribution >= 4 is 17.6 Å². The fourth-order valence-electron chi connectivity index (χ4n) is 6.17. The van der Waals surface area contributed by atoms with Crippen LogP contribution >= 0.6 is 0 Å². The maximum atomic E-state index is 13.6. The van der Waals surface area contributed by atoms with Gasteiger partial charge in [0.1, 0.15) is 17.3 Å². The standard InChI is InChI=1S/C34H39FN2O5/c1-4-41-29-20-24(21-30(42-5-2)32(29)25-6-10-27(35)11-7-25)22-36-18-16-34(17-19-36)15-14-31(38)37(23-34)28-12-8-26(9-13-28)33(39)40-3/h6-13,20-21H,4-5,14-19,22-23H2,1-3H3. The third-order valence-corrected chi connectivity index (χ3v) is 8.45. The summed E-state index contributed by atoms with van der Waals surface area (Å²) in [6.45, 7) is 8.23. The molecule has 2 fully saturated rings. The van der Waals surface area contributed by atoms with Gasteiger partial charge < -0.3 is 19.1 Å². The molecule has 2 saturated heterocycles. The number of carbonyl (C=O) groups is 2. The zero-order chi connectivity index (χ0) is 29.7. The molecule has 0 aliphatic carbocycles. The number of rotatable bonds is 9. The van der Waals surface area contributed by atoms with Crippen LogP contribution in [0.1, 0.15) is 55.5 Å². The van der Waals surface area contributed by atoms with Crippen LogP contribution in [0.3, 0.4) is 0 Å². The molecule has 1 spiro atoms. The van der Waals surface area contributed by atoms with Crippen LogP contribution in [-0.2, 0) is 16.1 Å². The van der Waals surface area contributed by atoms with Crippen molar-refractivity contribution < 1.29 is 28.2 Å². The number of methoxy groups -OCH3 is 1. The second-order valence-corrected chi connectivity index (χ2v) is 11.1. The molecule has 42 heavy (non-hydrogen) atoms. The Morgan fingerprint density at radius 1 is 0.905 bits per heavy atom. The lowest BCUT2D eigenvalue weighted by Crippen LogP contribution is -2.51. The van der Waals surface area contributed by atoms with Crippen LogP contribution in [0.15, 0.2) is 60.7 Å². The van der Waals surface area contributed by atoms with Gasteiger partial charge in [-0.25, -0.2) is 9.18 Å². The topological polar surface area (TPSA) is 68.3 Å². The fraction of sp³-hybridized carbons (Fsp3) is 0.412. The van der Waals surface area contributed by atoms with Gasteiger partial charge in [-0.15, -0.1) is 0 Å². The minimum absolute atomic E-state index is 0.0742. The summed E-state index contributed by atoms with van der Waals surface area (Å²) < 4.78 is 30.6. The summed E-state index contributed by atoms with van der Waals surface area (Å²) in [6.07, 6.45) is 3.42. The summed E-state index contributed by atoms with van der Waals surface area (Å²) in [7, 11) is 1.36. The van der Waals surface area contributed by atoms with Gasteiger partial charge in [0.25, 0.3) is 0 Å². The minimum atomic E-state index is -0.387. The summed E-state index contributed by atoms with van der Waals surface area (Å²) in [5.74, 6) is 0.928. The Morgan fingerprint density at radius 3 is 2.10 bits per heavy atom. The van der Waals surface area contributed by atoms with Crippen LogP contribution in [0.25, 0.3) is 11.1 Å². The van der Waals surface area contributed by atoms with Gasteiger partial charge in [0, 0.05) is 25.2 Å². The van der Waals surface area contributed by atoms with E-state index in [-0.39, 0.29) is 23.1 Å². The zero-order valence-corrected chi connectivity index (χ0v) is 24.7. The lowest BCUT2D eigenvalue weighted by atomic mass is 9.72. The van der Waals surface area contributed by atoms with E-state index in [2.05, 4.69) is 17.0 Å². The largest absolute Gasteiger partial charge is 0.493 e. The Labute approximate surface area is 247 Å². The monoisotopic (exact) mass is 574 g/mol. The molecule has 0 saturated carbocycles. The maximum Gasteiger partial charge on any atom is 0.337 e. The summed E-state index contributed by atoms with van der Waals surface area (Å²) in [4.78, 5) is 29.1. The summed E-state index contributed by atoms with van der Waals surface area (Å²) in [5.41, 5.74) is 4.17. The summed E-state index contributed by atoms with van der Waals surface area (Å²) in [5, 5.41) is 0. The first-order valence-electron chi connectivity index (χ1n) is 14.7. The number of esters is 1. The summed E-state index contributed by atoms with van der Waals surface area (Å²) >= 11 is 0. The molecule has 2 heterocycles. The molecule has 7 nitrogen and oxygen atoms in total. The van der Waals surface area contributed by atoms with Gasteiger partial charge >= 0.3 is 5.97 Å². The molecule has 8 heteroatoms. The number of hydrogen-bond donors (Lipinski definition) is 0. The number of nitrogens with zero attached hydrogens (tertiary/aromatic N) is 2. The van der Waals surface area contributed by atoms with Gasteiger partial charge in [0.2, 0.25) is 5.91 Å². The Balaban J connectivity index is 1.29. The van der Waals surface area contributed by atoms with Gasteiger partial charge in [-0.2, -0.15) is 0 Å². The molecule has 222 valence electrons. The predicted molar refractivity (Wildman–Crippen MR) is 160 cm³/mol. The normalized spacial score (nSPS) is 16.9. The molecule has 2 aliphatic heterocycles. The van der Waals surface area contributed by atoms with Crippen molar-refractivity contribution in [3.05, 3.63) is 77.6 Å². The highest BCUT2D eigenvalue weighted by atomic mass is 19.1. The summed E-state index contributed by atoms with van der Waals surface area (Å²) in [6, 6.07) is 17.7. The molecule has 0 bridgehead atoms. The van der Waals surface area contributed by atoms with Crippen molar-refractivity contribution in [2.24, 2.45) is 5.41 Å². The van der Waals surface area contributed by atoms with E-state index in [0.29, 0.717) is 31.7 Å². The van der Waals surface area contributed by atoms with E-state index in [1.54, 1.807) is 24.3 Å². The van der Waals surface area contributed by atoms with Gasteiger partial charge in [-0.1, -0.05) is 12.1 Å². The number of amides is 1. The van der Waals surface area contributed by atoms with Crippen molar-refractivity contribution in [2.75, 3.05) is 44.9 Å². The van der Waals surface area contributed by atoms with Crippen LogP contribution in [-0.4, -0.2) is 56.7 Å². The first-order chi connectivity index (χ1) is 20.3. The Hall–Kier alpha value is -3.91. The number of halogens is 1. The van der Waals surface area contributed by atoms with E-state index >= 15 is 0 Å². The minimum Gasteiger partial charge on any atom is -0.493 e. The van der Waals surface area contributed by atoms with Gasteiger partial charge in [-0.3, -0.25) is 9.69 Å². The van der Waals surface area contributed by atoms with Gasteiger partial charge in [0.05, 0.1) is 31.5 Å². The highest BCUT2D eigenvalue weighted by Gasteiger charge is 2.41. The number of hydrogen-bond acceptors (Lipinski definition) is 6. The number of carbonyl (C=O) groups excluding carboxylic acids is 2. The average Bonchev–Trinajstić information content (AvgIpc) is 3.00. The SMILES string of the molecule is CCOc1cc(CN2CCC3(CCC(=O)N(c4ccc(C(=O)OC)cc4)C3)CC2)cc(OCC)c1-c1ccc(F)cc1. The molecule has 0 atom stereocenters. The van der Waals surface area contributed by atoms with Crippen molar-refractivity contribution in [1.82, 2.24) is 4.90 Å². The van der Waals surface area contributed by atoms with Crippen molar-refractivity contribution in [3.63, 3.8) is 0 Å². The number of likely N-dealkylation sites (tertiary alicyclic amines) is 1. The number of anilines is 1. The second kappa shape index (κ2) is 12.9. The molecule has 2 aliphatic rings. The maximum absolute atomic E-state index is 13.6. The molecular weight excluding hydrogens is 535 g/mol.